The third-order valence-corrected chi connectivity index (χ3v) is 4.36. The molecule has 5 nitrogen and oxygen atoms in total. The highest BCUT2D eigenvalue weighted by Gasteiger charge is 2.16. The normalized spacial score (nSPS) is 10.8. The number of fused-ring (bicyclic) bond motifs is 1. The topological polar surface area (TPSA) is 59.9 Å². The van der Waals surface area contributed by atoms with Crippen LogP contribution < -0.4 is 10.1 Å². The largest absolute Gasteiger partial charge is 0.497 e. The first kappa shape index (κ1) is 16.9. The first-order valence-corrected chi connectivity index (χ1v) is 8.44. The van der Waals surface area contributed by atoms with E-state index in [1.807, 2.05) is 24.3 Å². The smallest absolute Gasteiger partial charge is 0.163 e. The maximum Gasteiger partial charge on any atom is 0.163 e. The van der Waals surface area contributed by atoms with Crippen molar-refractivity contribution in [2.45, 2.75) is 0 Å². The van der Waals surface area contributed by atoms with Crippen LogP contribution in [0.2, 0.25) is 0 Å². The minimum Gasteiger partial charge on any atom is -0.497 e. The molecule has 0 radical (unpaired) electrons. The van der Waals surface area contributed by atoms with Gasteiger partial charge in [0.2, 0.25) is 0 Å². The zero-order valence-corrected chi connectivity index (χ0v) is 14.9. The first-order valence-electron chi connectivity index (χ1n) is 8.44. The van der Waals surface area contributed by atoms with Gasteiger partial charge in [-0.2, -0.15) is 0 Å². The predicted octanol–water partition coefficient (Wildman–Crippen LogP) is 4.55. The minimum absolute atomic E-state index is 0.360. The molecule has 0 fully saturated rings. The molecule has 0 amide bonds. The van der Waals surface area contributed by atoms with Crippen LogP contribution in [0.15, 0.2) is 60.9 Å². The predicted molar refractivity (Wildman–Crippen MR) is 104 cm³/mol. The van der Waals surface area contributed by atoms with Crippen LogP contribution >= 0.6 is 0 Å². The maximum atomic E-state index is 15.4. The van der Waals surface area contributed by atoms with E-state index >= 15 is 4.39 Å². The van der Waals surface area contributed by atoms with Gasteiger partial charge < -0.3 is 10.1 Å². The van der Waals surface area contributed by atoms with Crippen LogP contribution in [0.3, 0.4) is 0 Å². The van der Waals surface area contributed by atoms with E-state index < -0.39 is 0 Å². The fourth-order valence-corrected chi connectivity index (χ4v) is 2.98. The monoisotopic (exact) mass is 360 g/mol. The molecule has 0 unspecified atom stereocenters. The van der Waals surface area contributed by atoms with Crippen LogP contribution in [0.1, 0.15) is 0 Å². The van der Waals surface area contributed by atoms with Crippen molar-refractivity contribution < 1.29 is 9.13 Å². The Labute approximate surface area is 155 Å². The summed E-state index contributed by atoms with van der Waals surface area (Å²) in [7, 11) is 3.32. The second-order valence-electron chi connectivity index (χ2n) is 5.94. The van der Waals surface area contributed by atoms with Crippen LogP contribution in [0, 0.1) is 5.82 Å². The zero-order valence-electron chi connectivity index (χ0n) is 14.9. The summed E-state index contributed by atoms with van der Waals surface area (Å²) in [6.45, 7) is 0. The van der Waals surface area contributed by atoms with Crippen molar-refractivity contribution in [2.75, 3.05) is 19.5 Å². The lowest BCUT2D eigenvalue weighted by molar-refractivity contribution is 0.415. The van der Waals surface area contributed by atoms with Gasteiger partial charge in [-0.1, -0.05) is 12.1 Å². The van der Waals surface area contributed by atoms with Crippen LogP contribution in [-0.4, -0.2) is 29.1 Å². The number of nitrogens with one attached hydrogen (secondary N) is 1. The number of anilines is 1. The average molecular weight is 360 g/mol. The molecule has 0 bridgehead atoms. The highest BCUT2D eigenvalue weighted by molar-refractivity contribution is 5.94. The summed E-state index contributed by atoms with van der Waals surface area (Å²) < 4.78 is 20.5. The van der Waals surface area contributed by atoms with Crippen molar-refractivity contribution in [2.24, 2.45) is 0 Å². The number of hydrogen-bond acceptors (Lipinski definition) is 5. The summed E-state index contributed by atoms with van der Waals surface area (Å²) >= 11 is 0. The molecule has 0 saturated carbocycles. The van der Waals surface area contributed by atoms with Gasteiger partial charge in [-0.3, -0.25) is 4.98 Å². The number of rotatable bonds is 4. The zero-order chi connectivity index (χ0) is 18.8. The molecule has 4 rings (SSSR count). The van der Waals surface area contributed by atoms with Crippen LogP contribution in [-0.2, 0) is 0 Å². The van der Waals surface area contributed by atoms with Crippen LogP contribution in [0.5, 0.6) is 5.75 Å². The van der Waals surface area contributed by atoms with E-state index in [-0.39, 0.29) is 5.82 Å². The van der Waals surface area contributed by atoms with Gasteiger partial charge in [0, 0.05) is 30.6 Å². The number of halogens is 1. The number of pyridine rings is 1. The summed E-state index contributed by atoms with van der Waals surface area (Å²) in [6, 6.07) is 14.5. The van der Waals surface area contributed by atoms with Gasteiger partial charge in [0.1, 0.15) is 17.4 Å². The van der Waals surface area contributed by atoms with E-state index in [1.165, 1.54) is 0 Å². The van der Waals surface area contributed by atoms with E-state index in [9.17, 15) is 0 Å². The van der Waals surface area contributed by atoms with Gasteiger partial charge in [-0.25, -0.2) is 14.4 Å². The Morgan fingerprint density at radius 1 is 0.963 bits per heavy atom. The SMILES string of the molecule is CNc1nc(-c2cccnc2)nc2ccc(-c3ccc(OC)cc3)c(F)c12. The molecule has 0 aliphatic rings. The fraction of sp³-hybridized carbons (Fsp3) is 0.0952. The molecule has 0 aliphatic heterocycles. The lowest BCUT2D eigenvalue weighted by Crippen LogP contribution is -2.01. The molecule has 134 valence electrons. The van der Waals surface area contributed by atoms with Gasteiger partial charge in [0.05, 0.1) is 18.0 Å². The van der Waals surface area contributed by atoms with E-state index in [2.05, 4.69) is 20.3 Å². The van der Waals surface area contributed by atoms with E-state index in [4.69, 9.17) is 4.74 Å². The third kappa shape index (κ3) is 3.06. The Hall–Kier alpha value is -3.54. The molecule has 2 heterocycles. The van der Waals surface area contributed by atoms with Gasteiger partial charge in [-0.05, 0) is 42.0 Å². The summed E-state index contributed by atoms with van der Waals surface area (Å²) in [6.07, 6.45) is 3.37. The van der Waals surface area contributed by atoms with Crippen LogP contribution in [0.25, 0.3) is 33.4 Å². The lowest BCUT2D eigenvalue weighted by atomic mass is 10.0. The van der Waals surface area contributed by atoms with Gasteiger partial charge in [-0.15, -0.1) is 0 Å². The fourth-order valence-electron chi connectivity index (χ4n) is 2.98. The minimum atomic E-state index is -0.361. The number of methoxy groups -OCH3 is 1. The summed E-state index contributed by atoms with van der Waals surface area (Å²) in [4.78, 5) is 13.1. The van der Waals surface area contributed by atoms with Crippen molar-refractivity contribution in [3.8, 4) is 28.3 Å². The third-order valence-electron chi connectivity index (χ3n) is 4.36. The molecule has 2 aromatic carbocycles. The number of aromatic nitrogens is 3. The molecule has 0 saturated heterocycles. The number of ether oxygens (including phenoxy) is 1. The van der Waals surface area contributed by atoms with Crippen molar-refractivity contribution in [3.05, 3.63) is 66.7 Å². The molecule has 6 heteroatoms. The first-order chi connectivity index (χ1) is 13.2. The van der Waals surface area contributed by atoms with Crippen LogP contribution in [0.4, 0.5) is 10.2 Å². The Morgan fingerprint density at radius 3 is 2.44 bits per heavy atom. The molecule has 4 aromatic rings. The summed E-state index contributed by atoms with van der Waals surface area (Å²) in [5.74, 6) is 1.29. The molecule has 27 heavy (non-hydrogen) atoms. The highest BCUT2D eigenvalue weighted by atomic mass is 19.1. The van der Waals surface area contributed by atoms with E-state index in [1.54, 1.807) is 50.8 Å². The Balaban J connectivity index is 1.89. The number of hydrogen-bond donors (Lipinski definition) is 1. The summed E-state index contributed by atoms with van der Waals surface area (Å²) in [5.41, 5.74) is 2.55. The molecule has 0 spiro atoms. The molecule has 0 atom stereocenters. The van der Waals surface area contributed by atoms with Crippen molar-refractivity contribution >= 4 is 16.7 Å². The maximum absolute atomic E-state index is 15.4. The Kier molecular flexibility index (Phi) is 4.38. The molecular formula is C21H17FN4O. The van der Waals surface area contributed by atoms with Crippen molar-refractivity contribution in [1.29, 1.82) is 0 Å². The molecule has 0 aliphatic carbocycles. The summed E-state index contributed by atoms with van der Waals surface area (Å²) in [5, 5.41) is 3.35. The Morgan fingerprint density at radius 2 is 1.78 bits per heavy atom. The molecule has 1 N–H and O–H groups in total. The molecule has 2 aromatic heterocycles. The second kappa shape index (κ2) is 6.99. The number of nitrogens with zero attached hydrogens (tertiary/aromatic N) is 3. The highest BCUT2D eigenvalue weighted by Crippen LogP contribution is 2.33. The number of benzene rings is 2. The lowest BCUT2D eigenvalue weighted by Gasteiger charge is -2.12. The average Bonchev–Trinajstić information content (AvgIpc) is 2.74. The van der Waals surface area contributed by atoms with Crippen molar-refractivity contribution in [1.82, 2.24) is 15.0 Å². The van der Waals surface area contributed by atoms with Crippen molar-refractivity contribution in [3.63, 3.8) is 0 Å². The van der Waals surface area contributed by atoms with Gasteiger partial charge in [0.15, 0.2) is 5.82 Å². The van der Waals surface area contributed by atoms with E-state index in [0.717, 1.165) is 16.9 Å². The molecular weight excluding hydrogens is 343 g/mol. The van der Waals surface area contributed by atoms with Gasteiger partial charge >= 0.3 is 0 Å². The quantitative estimate of drug-likeness (QED) is 0.579. The van der Waals surface area contributed by atoms with E-state index in [0.29, 0.717) is 28.1 Å². The standard InChI is InChI=1S/C21H17FN4O/c1-23-21-18-17(25-20(26-21)14-4-3-11-24-12-14)10-9-16(19(18)22)13-5-7-15(27-2)8-6-13/h3-12H,1-2H3,(H,23,25,26). The second-order valence-corrected chi connectivity index (χ2v) is 5.94. The Bertz CT molecular complexity index is 1100. The van der Waals surface area contributed by atoms with Gasteiger partial charge in [0.25, 0.3) is 0 Å².